The van der Waals surface area contributed by atoms with Crippen molar-refractivity contribution in [3.05, 3.63) is 21.7 Å². The second kappa shape index (κ2) is 4.44. The maximum Gasteiger partial charge on any atom is 0.133 e. The first-order valence-corrected chi connectivity index (χ1v) is 6.25. The van der Waals surface area contributed by atoms with Crippen LogP contribution in [0.2, 0.25) is 0 Å². The minimum absolute atomic E-state index is 0.485. The number of aryl methyl sites for hydroxylation is 1. The largest absolute Gasteiger partial charge is 0.347 e. The Kier molecular flexibility index (Phi) is 3.19. The molecule has 1 unspecified atom stereocenters. The van der Waals surface area contributed by atoms with Crippen molar-refractivity contribution in [2.24, 2.45) is 0 Å². The molecule has 0 saturated heterocycles. The molecule has 1 aliphatic carbocycles. The smallest absolute Gasteiger partial charge is 0.133 e. The van der Waals surface area contributed by atoms with E-state index in [0.717, 1.165) is 29.7 Å². The maximum absolute atomic E-state index is 5.36. The Morgan fingerprint density at radius 3 is 2.87 bits per heavy atom. The Morgan fingerprint density at radius 2 is 2.13 bits per heavy atom. The molecule has 1 heterocycles. The molecule has 0 aromatic carbocycles. The maximum atomic E-state index is 5.36. The van der Waals surface area contributed by atoms with Crippen molar-refractivity contribution in [2.75, 3.05) is 0 Å². The summed E-state index contributed by atoms with van der Waals surface area (Å²) in [5.41, 5.74) is 2.64. The molecular formula is C12H18N2S. The number of aromatic amines is 1. The third kappa shape index (κ3) is 2.12. The molecule has 1 aliphatic rings. The summed E-state index contributed by atoms with van der Waals surface area (Å²) in [7, 11) is 0. The van der Waals surface area contributed by atoms with Gasteiger partial charge in [-0.2, -0.15) is 0 Å². The number of H-pyrrole nitrogens is 1. The molecule has 2 nitrogen and oxygen atoms in total. The Hall–Kier alpha value is -0.700. The molecule has 0 fully saturated rings. The molecule has 0 amide bonds. The molecule has 2 rings (SSSR count). The summed E-state index contributed by atoms with van der Waals surface area (Å²) in [4.78, 5) is 8.00. The predicted molar refractivity (Wildman–Crippen MR) is 64.8 cm³/mol. The SMILES string of the molecule is CCC(C)c1nc(=S)c2c([nH]1)CCCC2. The van der Waals surface area contributed by atoms with Gasteiger partial charge in [0.2, 0.25) is 0 Å². The van der Waals surface area contributed by atoms with Crippen LogP contribution in [0.5, 0.6) is 0 Å². The summed E-state index contributed by atoms with van der Waals surface area (Å²) in [5.74, 6) is 1.56. The zero-order valence-corrected chi connectivity index (χ0v) is 10.3. The quantitative estimate of drug-likeness (QED) is 0.775. The van der Waals surface area contributed by atoms with Crippen molar-refractivity contribution in [1.82, 2.24) is 9.97 Å². The van der Waals surface area contributed by atoms with E-state index in [-0.39, 0.29) is 0 Å². The summed E-state index contributed by atoms with van der Waals surface area (Å²) >= 11 is 5.36. The van der Waals surface area contributed by atoms with Crippen LogP contribution in [0, 0.1) is 4.64 Å². The van der Waals surface area contributed by atoms with E-state index in [1.165, 1.54) is 24.1 Å². The number of fused-ring (bicyclic) bond motifs is 1. The molecule has 0 radical (unpaired) electrons. The first kappa shape index (κ1) is 10.8. The second-order valence-electron chi connectivity index (χ2n) is 4.40. The lowest BCUT2D eigenvalue weighted by atomic mass is 9.97. The minimum Gasteiger partial charge on any atom is -0.347 e. The lowest BCUT2D eigenvalue weighted by Crippen LogP contribution is -2.11. The highest BCUT2D eigenvalue weighted by Crippen LogP contribution is 2.22. The van der Waals surface area contributed by atoms with Gasteiger partial charge in [0.15, 0.2) is 0 Å². The molecule has 1 aromatic heterocycles. The van der Waals surface area contributed by atoms with Gasteiger partial charge in [0.1, 0.15) is 10.5 Å². The fraction of sp³-hybridized carbons (Fsp3) is 0.667. The molecule has 1 aromatic rings. The first-order valence-electron chi connectivity index (χ1n) is 5.84. The van der Waals surface area contributed by atoms with Crippen molar-refractivity contribution >= 4 is 12.2 Å². The fourth-order valence-corrected chi connectivity index (χ4v) is 2.39. The Labute approximate surface area is 96.1 Å². The van der Waals surface area contributed by atoms with E-state index in [1.807, 2.05) is 0 Å². The van der Waals surface area contributed by atoms with E-state index in [0.29, 0.717) is 5.92 Å². The van der Waals surface area contributed by atoms with E-state index >= 15 is 0 Å². The predicted octanol–water partition coefficient (Wildman–Crippen LogP) is 3.53. The monoisotopic (exact) mass is 222 g/mol. The topological polar surface area (TPSA) is 28.7 Å². The third-order valence-electron chi connectivity index (χ3n) is 3.31. The van der Waals surface area contributed by atoms with Crippen LogP contribution < -0.4 is 0 Å². The van der Waals surface area contributed by atoms with Crippen molar-refractivity contribution in [3.63, 3.8) is 0 Å². The summed E-state index contributed by atoms with van der Waals surface area (Å²) in [5, 5.41) is 0. The molecule has 1 N–H and O–H groups in total. The minimum atomic E-state index is 0.485. The van der Waals surface area contributed by atoms with Crippen LogP contribution in [0.4, 0.5) is 0 Å². The first-order chi connectivity index (χ1) is 7.22. The highest BCUT2D eigenvalue weighted by atomic mass is 32.1. The van der Waals surface area contributed by atoms with E-state index in [4.69, 9.17) is 12.2 Å². The number of nitrogens with zero attached hydrogens (tertiary/aromatic N) is 1. The molecule has 0 saturated carbocycles. The lowest BCUT2D eigenvalue weighted by Gasteiger charge is -2.18. The average molecular weight is 222 g/mol. The van der Waals surface area contributed by atoms with Crippen molar-refractivity contribution in [2.45, 2.75) is 51.9 Å². The van der Waals surface area contributed by atoms with Gasteiger partial charge >= 0.3 is 0 Å². The highest BCUT2D eigenvalue weighted by Gasteiger charge is 2.14. The molecule has 0 aliphatic heterocycles. The van der Waals surface area contributed by atoms with Gasteiger partial charge in [-0.25, -0.2) is 4.98 Å². The standard InChI is InChI=1S/C12H18N2S/c1-3-8(2)11-13-10-7-5-4-6-9(10)12(15)14-11/h8H,3-7H2,1-2H3,(H,13,14,15). The fourth-order valence-electron chi connectivity index (χ4n) is 2.07. The molecule has 0 spiro atoms. The van der Waals surface area contributed by atoms with E-state index in [2.05, 4.69) is 23.8 Å². The van der Waals surface area contributed by atoms with Crippen LogP contribution in [0.3, 0.4) is 0 Å². The van der Waals surface area contributed by atoms with Crippen LogP contribution >= 0.6 is 12.2 Å². The van der Waals surface area contributed by atoms with Crippen molar-refractivity contribution in [1.29, 1.82) is 0 Å². The molecule has 15 heavy (non-hydrogen) atoms. The Morgan fingerprint density at radius 1 is 1.40 bits per heavy atom. The normalized spacial score (nSPS) is 17.2. The molecule has 0 bridgehead atoms. The molecule has 3 heteroatoms. The van der Waals surface area contributed by atoms with Gasteiger partial charge in [-0.1, -0.05) is 26.1 Å². The second-order valence-corrected chi connectivity index (χ2v) is 4.79. The van der Waals surface area contributed by atoms with Gasteiger partial charge < -0.3 is 4.98 Å². The summed E-state index contributed by atoms with van der Waals surface area (Å²) < 4.78 is 0.832. The number of aromatic nitrogens is 2. The Balaban J connectivity index is 2.45. The van der Waals surface area contributed by atoms with Gasteiger partial charge in [-0.05, 0) is 32.1 Å². The van der Waals surface area contributed by atoms with Gasteiger partial charge in [0.25, 0.3) is 0 Å². The lowest BCUT2D eigenvalue weighted by molar-refractivity contribution is 0.621. The van der Waals surface area contributed by atoms with Crippen LogP contribution in [-0.4, -0.2) is 9.97 Å². The zero-order valence-electron chi connectivity index (χ0n) is 9.47. The summed E-state index contributed by atoms with van der Waals surface area (Å²) in [6, 6.07) is 0. The Bertz CT molecular complexity index is 409. The number of hydrogen-bond acceptors (Lipinski definition) is 2. The van der Waals surface area contributed by atoms with Crippen LogP contribution in [-0.2, 0) is 12.8 Å². The molecule has 82 valence electrons. The molecule has 1 atom stereocenters. The molecular weight excluding hydrogens is 204 g/mol. The van der Waals surface area contributed by atoms with Crippen molar-refractivity contribution in [3.8, 4) is 0 Å². The number of nitrogens with one attached hydrogen (secondary N) is 1. The number of rotatable bonds is 2. The van der Waals surface area contributed by atoms with Gasteiger partial charge in [0, 0.05) is 17.2 Å². The van der Waals surface area contributed by atoms with Crippen LogP contribution in [0.1, 0.15) is 56.1 Å². The van der Waals surface area contributed by atoms with E-state index in [1.54, 1.807) is 0 Å². The summed E-state index contributed by atoms with van der Waals surface area (Å²) in [6.07, 6.45) is 5.90. The third-order valence-corrected chi connectivity index (χ3v) is 3.64. The number of hydrogen-bond donors (Lipinski definition) is 1. The zero-order chi connectivity index (χ0) is 10.8. The average Bonchev–Trinajstić information content (AvgIpc) is 2.28. The highest BCUT2D eigenvalue weighted by molar-refractivity contribution is 7.71. The van der Waals surface area contributed by atoms with Gasteiger partial charge in [0.05, 0.1) is 0 Å². The van der Waals surface area contributed by atoms with Gasteiger partial charge in [-0.15, -0.1) is 0 Å². The van der Waals surface area contributed by atoms with Gasteiger partial charge in [-0.3, -0.25) is 0 Å². The summed E-state index contributed by atoms with van der Waals surface area (Å²) in [6.45, 7) is 4.38. The van der Waals surface area contributed by atoms with Crippen molar-refractivity contribution < 1.29 is 0 Å². The van der Waals surface area contributed by atoms with Crippen LogP contribution in [0.15, 0.2) is 0 Å². The van der Waals surface area contributed by atoms with Crippen LogP contribution in [0.25, 0.3) is 0 Å². The van der Waals surface area contributed by atoms with E-state index in [9.17, 15) is 0 Å². The van der Waals surface area contributed by atoms with E-state index < -0.39 is 0 Å².